The van der Waals surface area contributed by atoms with Gasteiger partial charge >= 0.3 is 0 Å². The Labute approximate surface area is 133 Å². The van der Waals surface area contributed by atoms with Crippen molar-refractivity contribution in [3.8, 4) is 0 Å². The number of nitrogens with zero attached hydrogens (tertiary/aromatic N) is 4. The second-order valence-corrected chi connectivity index (χ2v) is 5.14. The lowest BCUT2D eigenvalue weighted by molar-refractivity contribution is 0.0711. The summed E-state index contributed by atoms with van der Waals surface area (Å²) in [5.74, 6) is 0.514. The van der Waals surface area contributed by atoms with Crippen LogP contribution in [0, 0.1) is 6.92 Å². The molecule has 0 aliphatic heterocycles. The van der Waals surface area contributed by atoms with E-state index in [0.29, 0.717) is 24.5 Å². The van der Waals surface area contributed by atoms with Gasteiger partial charge in [-0.15, -0.1) is 0 Å². The summed E-state index contributed by atoms with van der Waals surface area (Å²) in [5.41, 5.74) is 2.02. The van der Waals surface area contributed by atoms with E-state index in [-0.39, 0.29) is 5.91 Å². The van der Waals surface area contributed by atoms with Crippen molar-refractivity contribution < 1.29 is 9.21 Å². The highest BCUT2D eigenvalue weighted by Gasteiger charge is 2.19. The number of aryl methyl sites for hydroxylation is 1. The monoisotopic (exact) mass is 308 g/mol. The normalized spacial score (nSPS) is 10.5. The van der Waals surface area contributed by atoms with Crippen LogP contribution in [0.1, 0.15) is 27.5 Å². The molecule has 0 fully saturated rings. The average molecular weight is 308 g/mol. The molecule has 0 aliphatic rings. The molecule has 0 bridgehead atoms. The maximum atomic E-state index is 12.7. The van der Waals surface area contributed by atoms with E-state index in [1.54, 1.807) is 35.8 Å². The zero-order valence-electron chi connectivity index (χ0n) is 12.7. The van der Waals surface area contributed by atoms with E-state index in [4.69, 9.17) is 4.42 Å². The molecule has 1 amide bonds. The van der Waals surface area contributed by atoms with Gasteiger partial charge in [0.15, 0.2) is 0 Å². The van der Waals surface area contributed by atoms with Crippen LogP contribution in [0.4, 0.5) is 0 Å². The summed E-state index contributed by atoms with van der Waals surface area (Å²) >= 11 is 0. The highest BCUT2D eigenvalue weighted by atomic mass is 16.3. The lowest BCUT2D eigenvalue weighted by Crippen LogP contribution is -2.30. The fourth-order valence-electron chi connectivity index (χ4n) is 2.17. The number of hydrogen-bond donors (Lipinski definition) is 0. The molecule has 3 heterocycles. The molecular weight excluding hydrogens is 292 g/mol. The number of carbonyl (C=O) groups is 1. The van der Waals surface area contributed by atoms with E-state index in [9.17, 15) is 4.79 Å². The SMILES string of the molecule is Cc1cnc(C(=O)N(Cc2cccnc2)Cc2ccco2)cn1. The minimum atomic E-state index is -0.197. The first-order valence-corrected chi connectivity index (χ1v) is 7.21. The molecular formula is C17H16N4O2. The van der Waals surface area contributed by atoms with E-state index in [0.717, 1.165) is 11.3 Å². The number of aromatic nitrogens is 3. The predicted octanol–water partition coefficient (Wildman–Crippen LogP) is 2.62. The number of furan rings is 1. The molecule has 23 heavy (non-hydrogen) atoms. The van der Waals surface area contributed by atoms with Gasteiger partial charge in [-0.25, -0.2) is 4.98 Å². The van der Waals surface area contributed by atoms with Gasteiger partial charge in [0, 0.05) is 25.1 Å². The van der Waals surface area contributed by atoms with Crippen LogP contribution in [0.25, 0.3) is 0 Å². The molecule has 116 valence electrons. The largest absolute Gasteiger partial charge is 0.467 e. The summed E-state index contributed by atoms with van der Waals surface area (Å²) in [6, 6.07) is 7.41. The third-order valence-electron chi connectivity index (χ3n) is 3.31. The first-order valence-electron chi connectivity index (χ1n) is 7.21. The quantitative estimate of drug-likeness (QED) is 0.724. The zero-order chi connectivity index (χ0) is 16.1. The van der Waals surface area contributed by atoms with Gasteiger partial charge in [0.1, 0.15) is 11.5 Å². The van der Waals surface area contributed by atoms with Crippen LogP contribution < -0.4 is 0 Å². The van der Waals surface area contributed by atoms with Gasteiger partial charge in [0.2, 0.25) is 0 Å². The first-order chi connectivity index (χ1) is 11.2. The van der Waals surface area contributed by atoms with Crippen molar-refractivity contribution in [2.45, 2.75) is 20.0 Å². The molecule has 6 nitrogen and oxygen atoms in total. The number of carbonyl (C=O) groups excluding carboxylic acids is 1. The van der Waals surface area contributed by atoms with Crippen LogP contribution in [-0.2, 0) is 13.1 Å². The molecule has 0 saturated heterocycles. The lowest BCUT2D eigenvalue weighted by Gasteiger charge is -2.21. The van der Waals surface area contributed by atoms with Crippen molar-refractivity contribution in [2.24, 2.45) is 0 Å². The molecule has 6 heteroatoms. The van der Waals surface area contributed by atoms with Crippen LogP contribution in [0.3, 0.4) is 0 Å². The minimum absolute atomic E-state index is 0.197. The highest BCUT2D eigenvalue weighted by molar-refractivity contribution is 5.91. The van der Waals surface area contributed by atoms with E-state index in [1.165, 1.54) is 6.20 Å². The van der Waals surface area contributed by atoms with Crippen molar-refractivity contribution in [1.29, 1.82) is 0 Å². The van der Waals surface area contributed by atoms with Crippen molar-refractivity contribution in [3.05, 3.63) is 78.0 Å². The van der Waals surface area contributed by atoms with Crippen molar-refractivity contribution in [3.63, 3.8) is 0 Å². The molecule has 0 unspecified atom stereocenters. The van der Waals surface area contributed by atoms with Crippen molar-refractivity contribution in [1.82, 2.24) is 19.9 Å². The molecule has 3 rings (SSSR count). The number of amides is 1. The summed E-state index contributed by atoms with van der Waals surface area (Å²) in [4.78, 5) is 26.8. The predicted molar refractivity (Wildman–Crippen MR) is 83.3 cm³/mol. The van der Waals surface area contributed by atoms with E-state index in [1.807, 2.05) is 25.1 Å². The molecule has 3 aromatic heterocycles. The Balaban J connectivity index is 1.84. The van der Waals surface area contributed by atoms with Crippen LogP contribution in [0.2, 0.25) is 0 Å². The Morgan fingerprint density at radius 2 is 2.04 bits per heavy atom. The van der Waals surface area contributed by atoms with Gasteiger partial charge in [0.25, 0.3) is 5.91 Å². The summed E-state index contributed by atoms with van der Waals surface area (Å²) in [6.45, 7) is 2.61. The Morgan fingerprint density at radius 1 is 1.13 bits per heavy atom. The van der Waals surface area contributed by atoms with Gasteiger partial charge < -0.3 is 9.32 Å². The molecule has 0 radical (unpaired) electrons. The summed E-state index contributed by atoms with van der Waals surface area (Å²) in [5, 5.41) is 0. The van der Waals surface area contributed by atoms with Gasteiger partial charge in [-0.1, -0.05) is 6.07 Å². The molecule has 0 saturated carbocycles. The van der Waals surface area contributed by atoms with Crippen LogP contribution in [0.5, 0.6) is 0 Å². The molecule has 0 N–H and O–H groups in total. The van der Waals surface area contributed by atoms with Crippen LogP contribution in [0.15, 0.2) is 59.7 Å². The Hall–Kier alpha value is -3.02. The van der Waals surface area contributed by atoms with Gasteiger partial charge in [-0.05, 0) is 30.7 Å². The fourth-order valence-corrected chi connectivity index (χ4v) is 2.17. The van der Waals surface area contributed by atoms with Crippen molar-refractivity contribution in [2.75, 3.05) is 0 Å². The second kappa shape index (κ2) is 6.83. The molecule has 0 aromatic carbocycles. The van der Waals surface area contributed by atoms with E-state index < -0.39 is 0 Å². The Bertz CT molecular complexity index is 755. The van der Waals surface area contributed by atoms with Gasteiger partial charge in [0.05, 0.1) is 24.7 Å². The van der Waals surface area contributed by atoms with Gasteiger partial charge in [-0.3, -0.25) is 14.8 Å². The number of hydrogen-bond acceptors (Lipinski definition) is 5. The van der Waals surface area contributed by atoms with Crippen molar-refractivity contribution >= 4 is 5.91 Å². The molecule has 0 aliphatic carbocycles. The van der Waals surface area contributed by atoms with E-state index in [2.05, 4.69) is 15.0 Å². The highest BCUT2D eigenvalue weighted by Crippen LogP contribution is 2.13. The van der Waals surface area contributed by atoms with Crippen LogP contribution in [-0.4, -0.2) is 25.8 Å². The summed E-state index contributed by atoms with van der Waals surface area (Å²) in [6.07, 6.45) is 8.11. The topological polar surface area (TPSA) is 72.1 Å². The summed E-state index contributed by atoms with van der Waals surface area (Å²) in [7, 11) is 0. The number of pyridine rings is 1. The molecule has 0 spiro atoms. The van der Waals surface area contributed by atoms with E-state index >= 15 is 0 Å². The fraction of sp³-hybridized carbons (Fsp3) is 0.176. The maximum Gasteiger partial charge on any atom is 0.274 e. The van der Waals surface area contributed by atoms with Crippen LogP contribution >= 0.6 is 0 Å². The molecule has 0 atom stereocenters. The minimum Gasteiger partial charge on any atom is -0.467 e. The molecule has 3 aromatic rings. The first kappa shape index (κ1) is 14.9. The third kappa shape index (κ3) is 3.79. The Kier molecular flexibility index (Phi) is 4.42. The second-order valence-electron chi connectivity index (χ2n) is 5.14. The Morgan fingerprint density at radius 3 is 2.70 bits per heavy atom. The van der Waals surface area contributed by atoms with Gasteiger partial charge in [-0.2, -0.15) is 0 Å². The third-order valence-corrected chi connectivity index (χ3v) is 3.31. The summed E-state index contributed by atoms with van der Waals surface area (Å²) < 4.78 is 5.36. The number of rotatable bonds is 5. The lowest BCUT2D eigenvalue weighted by atomic mass is 10.2. The zero-order valence-corrected chi connectivity index (χ0v) is 12.7. The average Bonchev–Trinajstić information content (AvgIpc) is 3.08. The maximum absolute atomic E-state index is 12.7. The standard InChI is InChI=1S/C17H16N4O2/c1-13-8-20-16(10-19-13)17(22)21(12-15-5-3-7-23-15)11-14-4-2-6-18-9-14/h2-10H,11-12H2,1H3. The smallest absolute Gasteiger partial charge is 0.274 e.